The zero-order valence-electron chi connectivity index (χ0n) is 18.1. The average molecular weight is 463 g/mol. The molecule has 2 aromatic carbocycles. The maximum atomic E-state index is 13.7. The summed E-state index contributed by atoms with van der Waals surface area (Å²) in [4.78, 5) is 23.7. The van der Waals surface area contributed by atoms with E-state index in [4.69, 9.17) is 15.1 Å². The van der Waals surface area contributed by atoms with E-state index in [-0.39, 0.29) is 24.3 Å². The molecule has 0 unspecified atom stereocenters. The monoisotopic (exact) mass is 463 g/mol. The van der Waals surface area contributed by atoms with E-state index in [9.17, 15) is 22.8 Å². The Morgan fingerprint density at radius 2 is 1.79 bits per heavy atom. The fourth-order valence-corrected chi connectivity index (χ4v) is 3.31. The zero-order chi connectivity index (χ0) is 24.6. The van der Waals surface area contributed by atoms with E-state index in [0.717, 1.165) is 0 Å². The lowest BCUT2D eigenvalue weighted by Crippen LogP contribution is -2.27. The smallest absolute Gasteiger partial charge is 0.418 e. The van der Waals surface area contributed by atoms with Gasteiger partial charge in [-0.1, -0.05) is 19.1 Å². The van der Waals surface area contributed by atoms with E-state index in [1.807, 2.05) is 6.07 Å². The zero-order valence-corrected chi connectivity index (χ0v) is 18.1. The van der Waals surface area contributed by atoms with Gasteiger partial charge in [0.05, 0.1) is 18.1 Å². The molecule has 176 valence electrons. The van der Waals surface area contributed by atoms with Gasteiger partial charge in [-0.05, 0) is 55.2 Å². The van der Waals surface area contributed by atoms with Crippen molar-refractivity contribution in [2.45, 2.75) is 44.9 Å². The molecule has 0 fully saturated rings. The highest BCUT2D eigenvalue weighted by Crippen LogP contribution is 2.40. The molecule has 2 aromatic rings. The Bertz CT molecular complexity index is 1020. The summed E-state index contributed by atoms with van der Waals surface area (Å²) in [6.07, 6.45) is -6.78. The second-order valence-electron chi connectivity index (χ2n) is 7.19. The minimum Gasteiger partial charge on any atom is -0.481 e. The van der Waals surface area contributed by atoms with Crippen LogP contribution in [0.25, 0.3) is 0 Å². The molecule has 0 saturated heterocycles. The van der Waals surface area contributed by atoms with Crippen molar-refractivity contribution >= 4 is 23.4 Å². The summed E-state index contributed by atoms with van der Waals surface area (Å²) in [7, 11) is 0. The number of rotatable bonds is 9. The summed E-state index contributed by atoms with van der Waals surface area (Å²) >= 11 is 0. The minimum absolute atomic E-state index is 0.141. The number of anilines is 2. The number of carboxylic acids is 1. The van der Waals surface area contributed by atoms with Gasteiger partial charge in [0.2, 0.25) is 0 Å². The first-order valence-electron chi connectivity index (χ1n) is 10.2. The lowest BCUT2D eigenvalue weighted by molar-refractivity contribution is -0.222. The first-order valence-corrected chi connectivity index (χ1v) is 10.2. The van der Waals surface area contributed by atoms with Gasteiger partial charge in [-0.3, -0.25) is 4.79 Å². The van der Waals surface area contributed by atoms with Crippen LogP contribution in [0.4, 0.5) is 29.3 Å². The standard InChI is InChI=1S/C23H24F3N3O4/c1-3-15(12-20(30)31)16-7-10-18(21(33-4-2)23(24,25)26)19(11-16)29-22(32)28-17-8-5-14(13-27)6-9-17/h5-11,15,21H,3-4,12H2,1-2H3,(H,30,31)(H2,28,29,32)/t15-,21-/m1/s1. The molecule has 0 aliphatic carbocycles. The van der Waals surface area contributed by atoms with Gasteiger partial charge in [0.1, 0.15) is 0 Å². The van der Waals surface area contributed by atoms with E-state index < -0.39 is 30.2 Å². The van der Waals surface area contributed by atoms with Crippen LogP contribution in [0.15, 0.2) is 42.5 Å². The molecule has 0 bridgehead atoms. The van der Waals surface area contributed by atoms with Crippen LogP contribution in [0.5, 0.6) is 0 Å². The van der Waals surface area contributed by atoms with Gasteiger partial charge >= 0.3 is 18.2 Å². The van der Waals surface area contributed by atoms with Gasteiger partial charge in [-0.15, -0.1) is 0 Å². The summed E-state index contributed by atoms with van der Waals surface area (Å²) in [5.41, 5.74) is 0.754. The number of nitrogens with zero attached hydrogens (tertiary/aromatic N) is 1. The molecule has 0 aromatic heterocycles. The van der Waals surface area contributed by atoms with E-state index in [0.29, 0.717) is 23.2 Å². The number of carboxylic acid groups (broad SMARTS) is 1. The highest BCUT2D eigenvalue weighted by Gasteiger charge is 2.43. The van der Waals surface area contributed by atoms with E-state index in [2.05, 4.69) is 10.6 Å². The highest BCUT2D eigenvalue weighted by atomic mass is 19.4. The number of benzene rings is 2. The molecule has 2 atom stereocenters. The van der Waals surface area contributed by atoms with E-state index >= 15 is 0 Å². The topological polar surface area (TPSA) is 111 Å². The third-order valence-corrected chi connectivity index (χ3v) is 4.90. The Hall–Kier alpha value is -3.58. The normalized spacial score (nSPS) is 13.0. The lowest BCUT2D eigenvalue weighted by Gasteiger charge is -2.25. The average Bonchev–Trinajstić information content (AvgIpc) is 2.75. The molecular weight excluding hydrogens is 439 g/mol. The Morgan fingerprint density at radius 3 is 2.30 bits per heavy atom. The molecular formula is C23H24F3N3O4. The highest BCUT2D eigenvalue weighted by molar-refractivity contribution is 6.00. The van der Waals surface area contributed by atoms with Crippen LogP contribution < -0.4 is 10.6 Å². The summed E-state index contributed by atoms with van der Waals surface area (Å²) in [6.45, 7) is 2.99. The number of ether oxygens (including phenoxy) is 1. The first-order chi connectivity index (χ1) is 15.6. The fraction of sp³-hybridized carbons (Fsp3) is 0.348. The number of nitriles is 1. The molecule has 0 saturated carbocycles. The predicted octanol–water partition coefficient (Wildman–Crippen LogP) is 5.81. The number of alkyl halides is 3. The molecule has 0 aliphatic rings. The summed E-state index contributed by atoms with van der Waals surface area (Å²) in [6, 6.07) is 11.0. The van der Waals surface area contributed by atoms with Gasteiger partial charge in [-0.25, -0.2) is 4.79 Å². The number of hydrogen-bond donors (Lipinski definition) is 3. The number of halogens is 3. The Labute approximate surface area is 189 Å². The van der Waals surface area contributed by atoms with Gasteiger partial charge in [0.25, 0.3) is 0 Å². The third kappa shape index (κ3) is 7.22. The van der Waals surface area contributed by atoms with Crippen molar-refractivity contribution in [2.75, 3.05) is 17.2 Å². The van der Waals surface area contributed by atoms with Gasteiger partial charge < -0.3 is 20.5 Å². The number of amides is 2. The van der Waals surface area contributed by atoms with Crippen molar-refractivity contribution in [1.29, 1.82) is 5.26 Å². The summed E-state index contributed by atoms with van der Waals surface area (Å²) in [5.74, 6) is -1.49. The van der Waals surface area contributed by atoms with Gasteiger partial charge in [0.15, 0.2) is 6.10 Å². The van der Waals surface area contributed by atoms with E-state index in [1.54, 1.807) is 6.92 Å². The molecule has 0 spiro atoms. The number of carbonyl (C=O) groups is 2. The number of aliphatic carboxylic acids is 1. The van der Waals surface area contributed by atoms with Crippen molar-refractivity contribution in [3.8, 4) is 6.07 Å². The van der Waals surface area contributed by atoms with Crippen LogP contribution in [-0.4, -0.2) is 29.9 Å². The first kappa shape index (κ1) is 25.7. The van der Waals surface area contributed by atoms with Crippen molar-refractivity contribution in [2.24, 2.45) is 0 Å². The molecule has 33 heavy (non-hydrogen) atoms. The van der Waals surface area contributed by atoms with Crippen LogP contribution in [0.3, 0.4) is 0 Å². The van der Waals surface area contributed by atoms with Crippen LogP contribution >= 0.6 is 0 Å². The van der Waals surface area contributed by atoms with Crippen LogP contribution in [0.2, 0.25) is 0 Å². The molecule has 0 heterocycles. The Balaban J connectivity index is 2.42. The maximum Gasteiger partial charge on any atom is 0.418 e. The molecule has 7 nitrogen and oxygen atoms in total. The number of hydrogen-bond acceptors (Lipinski definition) is 4. The largest absolute Gasteiger partial charge is 0.481 e. The molecule has 2 rings (SSSR count). The fourth-order valence-electron chi connectivity index (χ4n) is 3.31. The molecule has 10 heteroatoms. The van der Waals surface area contributed by atoms with Crippen LogP contribution in [0, 0.1) is 11.3 Å². The molecule has 0 aliphatic heterocycles. The van der Waals surface area contributed by atoms with E-state index in [1.165, 1.54) is 49.4 Å². The second kappa shape index (κ2) is 11.3. The summed E-state index contributed by atoms with van der Waals surface area (Å²) < 4.78 is 45.9. The third-order valence-electron chi connectivity index (χ3n) is 4.90. The van der Waals surface area contributed by atoms with Gasteiger partial charge in [0, 0.05) is 23.5 Å². The Morgan fingerprint density at radius 1 is 1.12 bits per heavy atom. The Kier molecular flexibility index (Phi) is 8.82. The summed E-state index contributed by atoms with van der Waals surface area (Å²) in [5, 5.41) is 22.9. The van der Waals surface area contributed by atoms with Crippen molar-refractivity contribution in [3.63, 3.8) is 0 Å². The quantitative estimate of drug-likeness (QED) is 0.435. The predicted molar refractivity (Wildman–Crippen MR) is 116 cm³/mol. The second-order valence-corrected chi connectivity index (χ2v) is 7.19. The van der Waals surface area contributed by atoms with Crippen LogP contribution in [0.1, 0.15) is 55.4 Å². The minimum atomic E-state index is -4.73. The van der Waals surface area contributed by atoms with Crippen molar-refractivity contribution in [3.05, 3.63) is 59.2 Å². The molecule has 3 N–H and O–H groups in total. The number of urea groups is 1. The van der Waals surface area contributed by atoms with Crippen molar-refractivity contribution < 1.29 is 32.6 Å². The molecule has 2 amide bonds. The number of nitrogens with one attached hydrogen (secondary N) is 2. The van der Waals surface area contributed by atoms with Gasteiger partial charge in [-0.2, -0.15) is 18.4 Å². The molecule has 0 radical (unpaired) electrons. The van der Waals surface area contributed by atoms with Crippen LogP contribution in [-0.2, 0) is 9.53 Å². The lowest BCUT2D eigenvalue weighted by atomic mass is 9.91. The SMILES string of the molecule is CCO[C@H](c1ccc([C@H](CC)CC(=O)O)cc1NC(=O)Nc1ccc(C#N)cc1)C(F)(F)F. The maximum absolute atomic E-state index is 13.7. The number of carbonyl (C=O) groups excluding carboxylic acids is 1. The van der Waals surface area contributed by atoms with Crippen molar-refractivity contribution in [1.82, 2.24) is 0 Å².